The van der Waals surface area contributed by atoms with Gasteiger partial charge in [0, 0.05) is 13.0 Å². The topological polar surface area (TPSA) is 47.8 Å². The summed E-state index contributed by atoms with van der Waals surface area (Å²) in [5, 5.41) is 7.85. The predicted octanol–water partition coefficient (Wildman–Crippen LogP) is 3.23. The van der Waals surface area contributed by atoms with Gasteiger partial charge >= 0.3 is 0 Å². The number of hydrogen-bond acceptors (Lipinski definition) is 3. The molecule has 1 aliphatic carbocycles. The first-order chi connectivity index (χ1) is 8.81. The molecule has 4 nitrogen and oxygen atoms in total. The molecule has 0 aliphatic heterocycles. The van der Waals surface area contributed by atoms with E-state index in [4.69, 9.17) is 0 Å². The second kappa shape index (κ2) is 6.66. The van der Waals surface area contributed by atoms with Crippen molar-refractivity contribution in [1.82, 2.24) is 15.0 Å². The summed E-state index contributed by atoms with van der Waals surface area (Å²) in [6, 6.07) is 0. The lowest BCUT2D eigenvalue weighted by atomic mass is 9.93. The first kappa shape index (κ1) is 13.2. The summed E-state index contributed by atoms with van der Waals surface area (Å²) in [5.41, 5.74) is 0.695. The maximum absolute atomic E-state index is 12.3. The van der Waals surface area contributed by atoms with E-state index in [-0.39, 0.29) is 5.78 Å². The van der Waals surface area contributed by atoms with E-state index >= 15 is 0 Å². The zero-order chi connectivity index (χ0) is 12.8. The quantitative estimate of drug-likeness (QED) is 0.594. The highest BCUT2D eigenvalue weighted by molar-refractivity contribution is 5.94. The highest BCUT2D eigenvalue weighted by Gasteiger charge is 2.19. The number of carbonyl (C=O) groups excluding carboxylic acids is 1. The van der Waals surface area contributed by atoms with E-state index in [1.54, 1.807) is 10.9 Å². The molecule has 0 atom stereocenters. The molecule has 1 aromatic rings. The van der Waals surface area contributed by atoms with E-state index in [0.717, 1.165) is 13.0 Å². The van der Waals surface area contributed by atoms with Crippen molar-refractivity contribution in [1.29, 1.82) is 0 Å². The molecule has 18 heavy (non-hydrogen) atoms. The van der Waals surface area contributed by atoms with Crippen LogP contribution in [0.2, 0.25) is 0 Å². The molecule has 2 rings (SSSR count). The average Bonchev–Trinajstić information content (AvgIpc) is 2.67. The first-order valence-corrected chi connectivity index (χ1v) is 7.23. The van der Waals surface area contributed by atoms with E-state index < -0.39 is 0 Å². The van der Waals surface area contributed by atoms with Gasteiger partial charge in [-0.3, -0.25) is 4.79 Å². The Morgan fingerprint density at radius 1 is 1.33 bits per heavy atom. The van der Waals surface area contributed by atoms with Crippen LogP contribution < -0.4 is 0 Å². The molecule has 0 aromatic carbocycles. The summed E-state index contributed by atoms with van der Waals surface area (Å²) in [6.45, 7) is 2.87. The zero-order valence-electron chi connectivity index (χ0n) is 11.3. The second-order valence-electron chi connectivity index (χ2n) is 5.33. The standard InChI is InChI=1S/C14H23N3O/c1-2-9-17-13(11-15-16-17)14(18)10-12-7-5-3-4-6-8-12/h11-12H,2-10H2,1H3. The van der Waals surface area contributed by atoms with E-state index in [1.165, 1.54) is 38.5 Å². The molecule has 1 fully saturated rings. The number of rotatable bonds is 5. The van der Waals surface area contributed by atoms with E-state index in [2.05, 4.69) is 17.2 Å². The molecule has 1 aromatic heterocycles. The normalized spacial score (nSPS) is 17.6. The predicted molar refractivity (Wildman–Crippen MR) is 70.5 cm³/mol. The summed E-state index contributed by atoms with van der Waals surface area (Å²) in [7, 11) is 0. The van der Waals surface area contributed by atoms with Crippen molar-refractivity contribution in [3.63, 3.8) is 0 Å². The molecule has 0 spiro atoms. The molecule has 1 aliphatic rings. The van der Waals surface area contributed by atoms with Gasteiger partial charge in [0.1, 0.15) is 5.69 Å². The van der Waals surface area contributed by atoms with Crippen LogP contribution in [0, 0.1) is 5.92 Å². The molecule has 100 valence electrons. The van der Waals surface area contributed by atoms with Gasteiger partial charge in [0.15, 0.2) is 5.78 Å². The van der Waals surface area contributed by atoms with Crippen molar-refractivity contribution in [3.05, 3.63) is 11.9 Å². The number of aryl methyl sites for hydroxylation is 1. The van der Waals surface area contributed by atoms with Crippen LogP contribution in [0.25, 0.3) is 0 Å². The van der Waals surface area contributed by atoms with Crippen LogP contribution in [0.3, 0.4) is 0 Å². The molecule has 1 saturated carbocycles. The van der Waals surface area contributed by atoms with Crippen molar-refractivity contribution < 1.29 is 4.79 Å². The summed E-state index contributed by atoms with van der Waals surface area (Å²) in [5.74, 6) is 0.797. The Kier molecular flexibility index (Phi) is 4.90. The minimum Gasteiger partial charge on any atom is -0.292 e. The lowest BCUT2D eigenvalue weighted by molar-refractivity contribution is 0.0946. The van der Waals surface area contributed by atoms with Crippen LogP contribution in [0.15, 0.2) is 6.20 Å². The van der Waals surface area contributed by atoms with Crippen LogP contribution in [0.4, 0.5) is 0 Å². The fourth-order valence-electron chi connectivity index (χ4n) is 2.79. The molecule has 0 amide bonds. The third-order valence-corrected chi connectivity index (χ3v) is 3.79. The Morgan fingerprint density at radius 3 is 2.72 bits per heavy atom. The average molecular weight is 249 g/mol. The fourth-order valence-corrected chi connectivity index (χ4v) is 2.79. The van der Waals surface area contributed by atoms with Gasteiger partial charge in [0.05, 0.1) is 6.20 Å². The van der Waals surface area contributed by atoms with Crippen LogP contribution in [-0.4, -0.2) is 20.8 Å². The molecular formula is C14H23N3O. The van der Waals surface area contributed by atoms with E-state index in [0.29, 0.717) is 18.0 Å². The molecule has 4 heteroatoms. The van der Waals surface area contributed by atoms with Crippen molar-refractivity contribution in [3.8, 4) is 0 Å². The Bertz CT molecular complexity index is 378. The SMILES string of the molecule is CCCn1nncc1C(=O)CC1CCCCCC1. The maximum Gasteiger partial charge on any atom is 0.182 e. The second-order valence-corrected chi connectivity index (χ2v) is 5.33. The lowest BCUT2D eigenvalue weighted by Gasteiger charge is -2.12. The number of carbonyl (C=O) groups is 1. The Hall–Kier alpha value is -1.19. The third kappa shape index (κ3) is 3.40. The molecule has 0 bridgehead atoms. The minimum absolute atomic E-state index is 0.223. The fraction of sp³-hybridized carbons (Fsp3) is 0.786. The number of aromatic nitrogens is 3. The molecule has 1 heterocycles. The van der Waals surface area contributed by atoms with Gasteiger partial charge in [0.25, 0.3) is 0 Å². The highest BCUT2D eigenvalue weighted by atomic mass is 16.1. The van der Waals surface area contributed by atoms with Gasteiger partial charge in [-0.05, 0) is 12.3 Å². The van der Waals surface area contributed by atoms with Gasteiger partial charge < -0.3 is 0 Å². The Labute approximate surface area is 109 Å². The number of hydrogen-bond donors (Lipinski definition) is 0. The minimum atomic E-state index is 0.223. The molecule has 0 unspecified atom stereocenters. The summed E-state index contributed by atoms with van der Waals surface area (Å²) in [4.78, 5) is 12.3. The monoisotopic (exact) mass is 249 g/mol. The molecule has 0 N–H and O–H groups in total. The summed E-state index contributed by atoms with van der Waals surface area (Å²) < 4.78 is 1.75. The first-order valence-electron chi connectivity index (χ1n) is 7.23. The van der Waals surface area contributed by atoms with E-state index in [9.17, 15) is 4.79 Å². The van der Waals surface area contributed by atoms with Crippen LogP contribution in [0.5, 0.6) is 0 Å². The van der Waals surface area contributed by atoms with Crippen molar-refractivity contribution in [2.45, 2.75) is 64.8 Å². The Balaban J connectivity index is 1.95. The smallest absolute Gasteiger partial charge is 0.182 e. The van der Waals surface area contributed by atoms with Crippen molar-refractivity contribution in [2.75, 3.05) is 0 Å². The van der Waals surface area contributed by atoms with Gasteiger partial charge in [-0.2, -0.15) is 0 Å². The maximum atomic E-state index is 12.3. The number of ketones is 1. The van der Waals surface area contributed by atoms with Gasteiger partial charge in [0.2, 0.25) is 0 Å². The van der Waals surface area contributed by atoms with Crippen molar-refractivity contribution in [2.24, 2.45) is 5.92 Å². The van der Waals surface area contributed by atoms with Crippen LogP contribution >= 0.6 is 0 Å². The molecule has 0 saturated heterocycles. The summed E-state index contributed by atoms with van der Waals surface area (Å²) >= 11 is 0. The third-order valence-electron chi connectivity index (χ3n) is 3.79. The largest absolute Gasteiger partial charge is 0.292 e. The van der Waals surface area contributed by atoms with Gasteiger partial charge in [-0.15, -0.1) is 5.10 Å². The van der Waals surface area contributed by atoms with E-state index in [1.807, 2.05) is 0 Å². The van der Waals surface area contributed by atoms with Crippen LogP contribution in [-0.2, 0) is 6.54 Å². The summed E-state index contributed by atoms with van der Waals surface area (Å²) in [6.07, 6.45) is 10.9. The molecular weight excluding hydrogens is 226 g/mol. The zero-order valence-corrected chi connectivity index (χ0v) is 11.3. The number of Topliss-reactive ketones (excluding diaryl/α,β-unsaturated/α-hetero) is 1. The lowest BCUT2D eigenvalue weighted by Crippen LogP contribution is -2.14. The Morgan fingerprint density at radius 2 is 2.06 bits per heavy atom. The molecule has 0 radical (unpaired) electrons. The van der Waals surface area contributed by atoms with Crippen LogP contribution in [0.1, 0.15) is 68.8 Å². The van der Waals surface area contributed by atoms with Gasteiger partial charge in [-0.1, -0.05) is 50.7 Å². The number of nitrogens with zero attached hydrogens (tertiary/aromatic N) is 3. The highest BCUT2D eigenvalue weighted by Crippen LogP contribution is 2.26. The van der Waals surface area contributed by atoms with Crippen molar-refractivity contribution >= 4 is 5.78 Å². The van der Waals surface area contributed by atoms with Gasteiger partial charge in [-0.25, -0.2) is 4.68 Å².